The molecule has 0 spiro atoms. The van der Waals surface area contributed by atoms with Crippen molar-refractivity contribution in [3.8, 4) is 0 Å². The molecule has 0 aromatic heterocycles. The largest absolute Gasteiger partial charge is 0.479 e. The highest BCUT2D eigenvalue weighted by Crippen LogP contribution is 2.25. The Hall–Kier alpha value is -3.29. The number of aliphatic carboxylic acids is 1. The molecule has 0 unspecified atom stereocenters. The third kappa shape index (κ3) is 5.79. The van der Waals surface area contributed by atoms with Gasteiger partial charge in [0.1, 0.15) is 0 Å². The van der Waals surface area contributed by atoms with Crippen LogP contribution in [0.4, 0.5) is 5.69 Å². The number of rotatable bonds is 8. The Labute approximate surface area is 207 Å². The van der Waals surface area contributed by atoms with Crippen LogP contribution in [0.1, 0.15) is 29.5 Å². The zero-order chi connectivity index (χ0) is 23.9. The topological polar surface area (TPSA) is 82.0 Å². The minimum Gasteiger partial charge on any atom is -0.479 e. The Balaban J connectivity index is 1.61. The van der Waals surface area contributed by atoms with Gasteiger partial charge in [-0.1, -0.05) is 94.8 Å². The normalized spacial score (nSPS) is 17.3. The molecule has 1 amide bonds. The van der Waals surface area contributed by atoms with Crippen molar-refractivity contribution >= 4 is 39.2 Å². The van der Waals surface area contributed by atoms with Crippen molar-refractivity contribution in [1.29, 1.82) is 0 Å². The van der Waals surface area contributed by atoms with Gasteiger partial charge in [0.2, 0.25) is 10.9 Å². The molecule has 174 valence electrons. The van der Waals surface area contributed by atoms with Gasteiger partial charge in [-0.05, 0) is 31.0 Å². The van der Waals surface area contributed by atoms with Crippen LogP contribution in [0.3, 0.4) is 0 Å². The monoisotopic (exact) mass is 519 g/mol. The fraction of sp³-hybridized carbons (Fsp3) is 0.222. The van der Waals surface area contributed by atoms with Crippen molar-refractivity contribution in [2.24, 2.45) is 4.99 Å². The molecule has 2 N–H and O–H groups in total. The highest BCUT2D eigenvalue weighted by Gasteiger charge is 2.31. The first-order chi connectivity index (χ1) is 16.5. The van der Waals surface area contributed by atoms with E-state index in [4.69, 9.17) is 0 Å². The van der Waals surface area contributed by atoms with Crippen LogP contribution < -0.4 is 5.32 Å². The van der Waals surface area contributed by atoms with Gasteiger partial charge in [0.15, 0.2) is 0 Å². The summed E-state index contributed by atoms with van der Waals surface area (Å²) in [6.45, 7) is 1.59. The molecule has 0 saturated carbocycles. The number of benzene rings is 3. The fourth-order valence-electron chi connectivity index (χ4n) is 4.21. The second-order valence-corrected chi connectivity index (χ2v) is 9.03. The summed E-state index contributed by atoms with van der Waals surface area (Å²) in [5.41, 5.74) is 3.71. The number of likely N-dealkylation sites (tertiary alicyclic amines) is 1. The van der Waals surface area contributed by atoms with Gasteiger partial charge < -0.3 is 10.4 Å². The number of para-hydroxylation sites is 1. The molecule has 34 heavy (non-hydrogen) atoms. The summed E-state index contributed by atoms with van der Waals surface area (Å²) in [6, 6.07) is 26.7. The molecule has 3 aromatic carbocycles. The van der Waals surface area contributed by atoms with E-state index in [0.717, 1.165) is 31.5 Å². The molecule has 1 aliphatic rings. The van der Waals surface area contributed by atoms with Crippen LogP contribution in [0.25, 0.3) is 0 Å². The van der Waals surface area contributed by atoms with E-state index in [1.807, 2.05) is 72.8 Å². The molecule has 6 nitrogen and oxygen atoms in total. The number of carbonyl (C=O) groups is 2. The van der Waals surface area contributed by atoms with Crippen LogP contribution in [-0.4, -0.2) is 45.1 Å². The lowest BCUT2D eigenvalue weighted by Crippen LogP contribution is -2.39. The highest BCUT2D eigenvalue weighted by molar-refractivity contribution is 9.10. The molecular weight excluding hydrogens is 494 g/mol. The summed E-state index contributed by atoms with van der Waals surface area (Å²) in [6.07, 6.45) is 1.76. The van der Waals surface area contributed by atoms with Gasteiger partial charge in [0, 0.05) is 17.7 Å². The van der Waals surface area contributed by atoms with Gasteiger partial charge in [-0.2, -0.15) is 0 Å². The van der Waals surface area contributed by atoms with Crippen LogP contribution in [0.15, 0.2) is 89.9 Å². The number of halogens is 1. The van der Waals surface area contributed by atoms with E-state index in [1.165, 1.54) is 5.56 Å². The number of carboxylic acid groups (broad SMARTS) is 1. The van der Waals surface area contributed by atoms with Gasteiger partial charge in [-0.3, -0.25) is 14.7 Å². The van der Waals surface area contributed by atoms with Crippen molar-refractivity contribution in [3.05, 3.63) is 102 Å². The second kappa shape index (κ2) is 11.2. The summed E-state index contributed by atoms with van der Waals surface area (Å²) in [5, 5.41) is 12.5. The van der Waals surface area contributed by atoms with E-state index in [0.29, 0.717) is 17.0 Å². The third-order valence-corrected chi connectivity index (χ3v) is 6.42. The maximum atomic E-state index is 13.4. The van der Waals surface area contributed by atoms with Gasteiger partial charge in [0.25, 0.3) is 0 Å². The average Bonchev–Trinajstić information content (AvgIpc) is 3.32. The van der Waals surface area contributed by atoms with Gasteiger partial charge in [-0.15, -0.1) is 0 Å². The molecule has 2 atom stereocenters. The molecule has 0 aliphatic carbocycles. The van der Waals surface area contributed by atoms with Crippen molar-refractivity contribution in [3.63, 3.8) is 0 Å². The molecule has 1 heterocycles. The molecule has 1 saturated heterocycles. The first-order valence-corrected chi connectivity index (χ1v) is 12.1. The summed E-state index contributed by atoms with van der Waals surface area (Å²) in [7, 11) is 0. The van der Waals surface area contributed by atoms with Crippen LogP contribution in [0, 0.1) is 0 Å². The van der Waals surface area contributed by atoms with Gasteiger partial charge in [-0.25, -0.2) is 4.79 Å². The number of nitrogens with one attached hydrogen (secondary N) is 1. The Morgan fingerprint density at radius 2 is 1.65 bits per heavy atom. The SMILES string of the molecule is O=C(O)[C@H](Br)/N=C(/c1ccccc1)c1ccccc1NC(=O)[C@@H]1CCCN1Cc1ccccc1. The van der Waals surface area contributed by atoms with Crippen LogP contribution in [0.5, 0.6) is 0 Å². The minimum atomic E-state index is -1.11. The summed E-state index contributed by atoms with van der Waals surface area (Å²) in [5.74, 6) is -1.15. The van der Waals surface area contributed by atoms with Gasteiger partial charge in [0.05, 0.1) is 17.4 Å². The number of nitrogens with zero attached hydrogens (tertiary/aromatic N) is 2. The molecule has 1 aliphatic heterocycles. The summed E-state index contributed by atoms with van der Waals surface area (Å²) < 4.78 is 0. The lowest BCUT2D eigenvalue weighted by atomic mass is 10.00. The van der Waals surface area contributed by atoms with Crippen LogP contribution in [-0.2, 0) is 16.1 Å². The van der Waals surface area contributed by atoms with E-state index >= 15 is 0 Å². The number of carbonyl (C=O) groups excluding carboxylic acids is 1. The lowest BCUT2D eigenvalue weighted by molar-refractivity contribution is -0.136. The Morgan fingerprint density at radius 1 is 1.00 bits per heavy atom. The second-order valence-electron chi connectivity index (χ2n) is 8.17. The number of alkyl halides is 1. The Morgan fingerprint density at radius 3 is 2.35 bits per heavy atom. The van der Waals surface area contributed by atoms with Crippen molar-refractivity contribution in [2.45, 2.75) is 30.4 Å². The molecule has 0 bridgehead atoms. The van der Waals surface area contributed by atoms with E-state index in [-0.39, 0.29) is 11.9 Å². The van der Waals surface area contributed by atoms with Gasteiger partial charge >= 0.3 is 5.97 Å². The van der Waals surface area contributed by atoms with Crippen molar-refractivity contribution in [1.82, 2.24) is 4.90 Å². The molecule has 0 radical (unpaired) electrons. The number of hydrogen-bond acceptors (Lipinski definition) is 4. The summed E-state index contributed by atoms with van der Waals surface area (Å²) >= 11 is 3.13. The first kappa shape index (κ1) is 23.9. The minimum absolute atomic E-state index is 0.0677. The maximum Gasteiger partial charge on any atom is 0.339 e. The quantitative estimate of drug-likeness (QED) is 0.251. The zero-order valence-electron chi connectivity index (χ0n) is 18.6. The average molecular weight is 520 g/mol. The predicted octanol–water partition coefficient (Wildman–Crippen LogP) is 4.93. The van der Waals surface area contributed by atoms with E-state index in [2.05, 4.69) is 43.3 Å². The molecule has 3 aromatic rings. The van der Waals surface area contributed by atoms with E-state index < -0.39 is 10.9 Å². The van der Waals surface area contributed by atoms with Crippen LogP contribution in [0.2, 0.25) is 0 Å². The molecule has 4 rings (SSSR count). The fourth-order valence-corrected chi connectivity index (χ4v) is 4.41. The smallest absolute Gasteiger partial charge is 0.339 e. The predicted molar refractivity (Wildman–Crippen MR) is 137 cm³/mol. The first-order valence-electron chi connectivity index (χ1n) is 11.2. The third-order valence-electron chi connectivity index (χ3n) is 5.83. The number of anilines is 1. The van der Waals surface area contributed by atoms with Crippen LogP contribution >= 0.6 is 15.9 Å². The molecule has 7 heteroatoms. The van der Waals surface area contributed by atoms with E-state index in [1.54, 1.807) is 0 Å². The lowest BCUT2D eigenvalue weighted by Gasteiger charge is -2.24. The van der Waals surface area contributed by atoms with Crippen molar-refractivity contribution < 1.29 is 14.7 Å². The Kier molecular flexibility index (Phi) is 7.87. The highest BCUT2D eigenvalue weighted by atomic mass is 79.9. The van der Waals surface area contributed by atoms with E-state index in [9.17, 15) is 14.7 Å². The molecular formula is C27H26BrN3O3. The number of aliphatic imine (C=N–C) groups is 1. The zero-order valence-corrected chi connectivity index (χ0v) is 20.2. The number of hydrogen-bond donors (Lipinski definition) is 2. The van der Waals surface area contributed by atoms with Crippen molar-refractivity contribution in [2.75, 3.05) is 11.9 Å². The molecule has 1 fully saturated rings. The maximum absolute atomic E-state index is 13.4. The standard InChI is InChI=1S/C27H26BrN3O3/c28-25(27(33)34)30-24(20-12-5-2-6-13-20)21-14-7-8-15-22(21)29-26(32)23-16-9-17-31(23)18-19-10-3-1-4-11-19/h1-8,10-15,23,25H,9,16-18H2,(H,29,32)(H,33,34)/b30-24-/t23-,25+/m0/s1. The summed E-state index contributed by atoms with van der Waals surface area (Å²) in [4.78, 5) is 30.4. The number of amides is 1. The number of carboxylic acids is 1. The Bertz CT molecular complexity index is 1170.